The van der Waals surface area contributed by atoms with Crippen molar-refractivity contribution in [1.82, 2.24) is 29.9 Å². The summed E-state index contributed by atoms with van der Waals surface area (Å²) in [6, 6.07) is 9.44. The zero-order valence-corrected chi connectivity index (χ0v) is 17.3. The molecule has 0 radical (unpaired) electrons. The Kier molecular flexibility index (Phi) is 5.07. The number of carbonyl (C=O) groups is 1. The van der Waals surface area contributed by atoms with Gasteiger partial charge < -0.3 is 5.32 Å². The van der Waals surface area contributed by atoms with Crippen molar-refractivity contribution in [3.05, 3.63) is 71.1 Å². The average molecular weight is 406 g/mol. The number of carbonyl (C=O) groups excluding carboxylic acids is 1. The van der Waals surface area contributed by atoms with Crippen molar-refractivity contribution in [2.45, 2.75) is 40.3 Å². The lowest BCUT2D eigenvalue weighted by Gasteiger charge is -2.13. The minimum absolute atomic E-state index is 0.217. The third-order valence-electron chi connectivity index (χ3n) is 5.03. The third kappa shape index (κ3) is 3.56. The fourth-order valence-electron chi connectivity index (χ4n) is 3.49. The quantitative estimate of drug-likeness (QED) is 0.546. The van der Waals surface area contributed by atoms with Crippen LogP contribution in [-0.4, -0.2) is 30.5 Å². The van der Waals surface area contributed by atoms with Crippen LogP contribution in [0, 0.1) is 19.7 Å². The molecule has 1 aromatic carbocycles. The molecule has 30 heavy (non-hydrogen) atoms. The van der Waals surface area contributed by atoms with Gasteiger partial charge in [-0.05, 0) is 64.1 Å². The minimum atomic E-state index is -0.323. The second-order valence-electron chi connectivity index (χ2n) is 7.27. The maximum Gasteiger partial charge on any atom is 0.252 e. The van der Waals surface area contributed by atoms with Crippen molar-refractivity contribution in [3.63, 3.8) is 0 Å². The number of fused-ring (bicyclic) bond motifs is 1. The lowest BCUT2D eigenvalue weighted by molar-refractivity contribution is 0.0940. The van der Waals surface area contributed by atoms with Crippen LogP contribution in [0.3, 0.4) is 0 Å². The maximum atomic E-state index is 13.3. The predicted molar refractivity (Wildman–Crippen MR) is 112 cm³/mol. The molecule has 0 saturated carbocycles. The molecule has 4 rings (SSSR count). The van der Waals surface area contributed by atoms with Crippen molar-refractivity contribution in [1.29, 1.82) is 0 Å². The predicted octanol–water partition coefficient (Wildman–Crippen LogP) is 3.88. The van der Waals surface area contributed by atoms with E-state index in [2.05, 4.69) is 20.5 Å². The zero-order valence-electron chi connectivity index (χ0n) is 17.3. The molecule has 3 heterocycles. The first-order chi connectivity index (χ1) is 14.4. The molecule has 1 N–H and O–H groups in total. The van der Waals surface area contributed by atoms with Crippen molar-refractivity contribution in [3.8, 4) is 5.69 Å². The molecule has 4 aromatic rings. The first kappa shape index (κ1) is 19.8. The molecule has 1 amide bonds. The van der Waals surface area contributed by atoms with E-state index in [-0.39, 0.29) is 17.8 Å². The van der Waals surface area contributed by atoms with Crippen molar-refractivity contribution in [2.75, 3.05) is 0 Å². The number of amides is 1. The molecule has 0 aliphatic rings. The largest absolute Gasteiger partial charge is 0.344 e. The molecule has 0 saturated heterocycles. The molecule has 0 fully saturated rings. The summed E-state index contributed by atoms with van der Waals surface area (Å²) in [6.07, 6.45) is 1.89. The lowest BCUT2D eigenvalue weighted by Crippen LogP contribution is -2.27. The molecule has 0 aliphatic heterocycles. The van der Waals surface area contributed by atoms with Gasteiger partial charge in [0.2, 0.25) is 0 Å². The molecule has 1 atom stereocenters. The number of benzene rings is 1. The van der Waals surface area contributed by atoms with Gasteiger partial charge in [-0.1, -0.05) is 0 Å². The highest BCUT2D eigenvalue weighted by atomic mass is 19.1. The number of nitrogens with zero attached hydrogens (tertiary/aromatic N) is 5. The second-order valence-corrected chi connectivity index (χ2v) is 7.27. The first-order valence-electron chi connectivity index (χ1n) is 9.84. The summed E-state index contributed by atoms with van der Waals surface area (Å²) in [5, 5.41) is 12.7. The van der Waals surface area contributed by atoms with E-state index in [0.717, 1.165) is 12.2 Å². The monoisotopic (exact) mass is 406 g/mol. The average Bonchev–Trinajstić information content (AvgIpc) is 3.33. The smallest absolute Gasteiger partial charge is 0.252 e. The topological polar surface area (TPSA) is 77.6 Å². The Hall–Kier alpha value is -3.55. The van der Waals surface area contributed by atoms with E-state index < -0.39 is 0 Å². The number of hydrogen-bond donors (Lipinski definition) is 1. The maximum absolute atomic E-state index is 13.3. The van der Waals surface area contributed by atoms with Crippen LogP contribution in [0.15, 0.2) is 42.6 Å². The van der Waals surface area contributed by atoms with Gasteiger partial charge in [0.15, 0.2) is 5.65 Å². The molecule has 8 heteroatoms. The molecule has 1 unspecified atom stereocenters. The Labute approximate surface area is 173 Å². The van der Waals surface area contributed by atoms with Gasteiger partial charge in [-0.15, -0.1) is 0 Å². The highest BCUT2D eigenvalue weighted by molar-refractivity contribution is 6.06. The van der Waals surface area contributed by atoms with Crippen molar-refractivity contribution in [2.24, 2.45) is 0 Å². The summed E-state index contributed by atoms with van der Waals surface area (Å²) >= 11 is 0. The SMILES string of the molecule is CCn1ccc(C(C)NC(=O)c2cc(C)nc3c2c(C)nn3-c2ccc(F)cc2)n1. The molecular formula is C22H23FN6O. The fraction of sp³-hybridized carbons (Fsp3) is 0.273. The Morgan fingerprint density at radius 2 is 1.90 bits per heavy atom. The summed E-state index contributed by atoms with van der Waals surface area (Å²) in [4.78, 5) is 17.8. The van der Waals surface area contributed by atoms with Crippen LogP contribution in [0.4, 0.5) is 4.39 Å². The fourth-order valence-corrected chi connectivity index (χ4v) is 3.49. The summed E-state index contributed by atoms with van der Waals surface area (Å²) in [5.74, 6) is -0.540. The summed E-state index contributed by atoms with van der Waals surface area (Å²) in [5.41, 5.74) is 3.91. The highest BCUT2D eigenvalue weighted by Gasteiger charge is 2.21. The van der Waals surface area contributed by atoms with Gasteiger partial charge in [0.1, 0.15) is 5.82 Å². The highest BCUT2D eigenvalue weighted by Crippen LogP contribution is 2.25. The van der Waals surface area contributed by atoms with E-state index in [9.17, 15) is 9.18 Å². The van der Waals surface area contributed by atoms with Gasteiger partial charge in [-0.25, -0.2) is 14.1 Å². The number of aromatic nitrogens is 5. The van der Waals surface area contributed by atoms with Gasteiger partial charge in [0.05, 0.1) is 34.1 Å². The minimum Gasteiger partial charge on any atom is -0.344 e. The Morgan fingerprint density at radius 3 is 2.57 bits per heavy atom. The van der Waals surface area contributed by atoms with E-state index in [1.54, 1.807) is 22.9 Å². The molecule has 0 spiro atoms. The number of halogens is 1. The molecule has 154 valence electrons. The number of aryl methyl sites for hydroxylation is 3. The number of nitrogens with one attached hydrogen (secondary N) is 1. The van der Waals surface area contributed by atoms with Crippen LogP contribution >= 0.6 is 0 Å². The van der Waals surface area contributed by atoms with Crippen LogP contribution in [0.1, 0.15) is 47.3 Å². The lowest BCUT2D eigenvalue weighted by atomic mass is 10.1. The molecule has 0 bridgehead atoms. The van der Waals surface area contributed by atoms with Crippen LogP contribution in [0.5, 0.6) is 0 Å². The summed E-state index contributed by atoms with van der Waals surface area (Å²) < 4.78 is 16.8. The number of pyridine rings is 1. The van der Waals surface area contributed by atoms with Crippen LogP contribution < -0.4 is 5.32 Å². The number of rotatable bonds is 5. The standard InChI is InChI=1S/C22H23FN6O/c1-5-28-11-10-19(27-28)14(3)25-22(30)18-12-13(2)24-21-20(18)15(4)26-29(21)17-8-6-16(23)7-9-17/h6-12,14H,5H2,1-4H3,(H,25,30). The molecule has 7 nitrogen and oxygen atoms in total. The first-order valence-corrected chi connectivity index (χ1v) is 9.84. The van der Waals surface area contributed by atoms with E-state index in [1.165, 1.54) is 12.1 Å². The summed E-state index contributed by atoms with van der Waals surface area (Å²) in [6.45, 7) is 8.35. The van der Waals surface area contributed by atoms with Gasteiger partial charge in [0.25, 0.3) is 5.91 Å². The molecule has 0 aliphatic carbocycles. The van der Waals surface area contributed by atoms with Gasteiger partial charge in [-0.2, -0.15) is 10.2 Å². The normalized spacial score (nSPS) is 12.3. The Balaban J connectivity index is 1.73. The van der Waals surface area contributed by atoms with Crippen LogP contribution in [0.25, 0.3) is 16.7 Å². The summed E-state index contributed by atoms with van der Waals surface area (Å²) in [7, 11) is 0. The van der Waals surface area contributed by atoms with E-state index in [1.807, 2.05) is 44.6 Å². The van der Waals surface area contributed by atoms with Crippen LogP contribution in [0.2, 0.25) is 0 Å². The van der Waals surface area contributed by atoms with Gasteiger partial charge in [0, 0.05) is 18.4 Å². The van der Waals surface area contributed by atoms with Crippen molar-refractivity contribution >= 4 is 16.9 Å². The van der Waals surface area contributed by atoms with Crippen LogP contribution in [-0.2, 0) is 6.54 Å². The van der Waals surface area contributed by atoms with E-state index in [4.69, 9.17) is 0 Å². The van der Waals surface area contributed by atoms with Crippen molar-refractivity contribution < 1.29 is 9.18 Å². The van der Waals surface area contributed by atoms with Gasteiger partial charge in [-0.3, -0.25) is 9.48 Å². The van der Waals surface area contributed by atoms with Gasteiger partial charge >= 0.3 is 0 Å². The van der Waals surface area contributed by atoms with E-state index in [0.29, 0.717) is 33.7 Å². The Morgan fingerprint density at radius 1 is 1.17 bits per heavy atom. The second kappa shape index (κ2) is 7.70. The Bertz CT molecular complexity index is 1220. The number of hydrogen-bond acceptors (Lipinski definition) is 4. The zero-order chi connectivity index (χ0) is 21.4. The van der Waals surface area contributed by atoms with E-state index >= 15 is 0 Å². The molecule has 3 aromatic heterocycles. The third-order valence-corrected chi connectivity index (χ3v) is 5.03. The molecular weight excluding hydrogens is 383 g/mol.